The Balaban J connectivity index is 0.00000361. The molecule has 1 heterocycles. The lowest BCUT2D eigenvalue weighted by Gasteiger charge is -2.37. The second kappa shape index (κ2) is 8.47. The predicted octanol–water partition coefficient (Wildman–Crippen LogP) is 1.43. The first-order chi connectivity index (χ1) is 8.86. The smallest absolute Gasteiger partial charge is 0.242 e. The van der Waals surface area contributed by atoms with Crippen LogP contribution in [0.2, 0.25) is 0 Å². The number of hydrogen-bond acceptors (Lipinski definition) is 3. The number of likely N-dealkylation sites (tertiary alicyclic amines) is 1. The van der Waals surface area contributed by atoms with Crippen molar-refractivity contribution in [2.75, 3.05) is 13.1 Å². The van der Waals surface area contributed by atoms with E-state index in [1.54, 1.807) is 0 Å². The third-order valence-corrected chi connectivity index (χ3v) is 3.86. The fourth-order valence-corrected chi connectivity index (χ4v) is 2.82. The van der Waals surface area contributed by atoms with Crippen LogP contribution in [0.15, 0.2) is 0 Å². The summed E-state index contributed by atoms with van der Waals surface area (Å²) in [7, 11) is 0. The van der Waals surface area contributed by atoms with Gasteiger partial charge in [0.15, 0.2) is 0 Å². The van der Waals surface area contributed by atoms with Crippen LogP contribution in [0.1, 0.15) is 52.4 Å². The molecule has 4 N–H and O–H groups in total. The van der Waals surface area contributed by atoms with Gasteiger partial charge in [-0.1, -0.05) is 13.3 Å². The number of piperidine rings is 1. The van der Waals surface area contributed by atoms with E-state index >= 15 is 0 Å². The maximum atomic E-state index is 12.4. The molecule has 0 aliphatic carbocycles. The van der Waals surface area contributed by atoms with Gasteiger partial charge in [0.2, 0.25) is 11.8 Å². The standard InChI is InChI=1S/C14H27N3O2.ClH/c1-3-8-14(2,16)13(19)17-9-4-5-11(10-17)6-7-12(15)18;/h11H,3-10,16H2,1-2H3,(H2,15,18);1H. The molecular weight excluding hydrogens is 278 g/mol. The number of hydrogen-bond donors (Lipinski definition) is 2. The van der Waals surface area contributed by atoms with Gasteiger partial charge >= 0.3 is 0 Å². The molecule has 118 valence electrons. The summed E-state index contributed by atoms with van der Waals surface area (Å²) in [4.78, 5) is 25.1. The van der Waals surface area contributed by atoms with Gasteiger partial charge in [-0.25, -0.2) is 0 Å². The third kappa shape index (κ3) is 5.67. The Hall–Kier alpha value is -0.810. The van der Waals surface area contributed by atoms with Crippen LogP contribution >= 0.6 is 12.4 Å². The zero-order chi connectivity index (χ0) is 14.5. The molecule has 1 rings (SSSR count). The molecule has 0 aromatic rings. The normalized spacial score (nSPS) is 21.8. The Morgan fingerprint density at radius 3 is 2.60 bits per heavy atom. The summed E-state index contributed by atoms with van der Waals surface area (Å²) >= 11 is 0. The van der Waals surface area contributed by atoms with Gasteiger partial charge in [-0.05, 0) is 38.5 Å². The molecule has 2 amide bonds. The Labute approximate surface area is 127 Å². The Morgan fingerprint density at radius 2 is 2.05 bits per heavy atom. The average molecular weight is 306 g/mol. The molecule has 0 saturated carbocycles. The summed E-state index contributed by atoms with van der Waals surface area (Å²) < 4.78 is 0. The van der Waals surface area contributed by atoms with Gasteiger partial charge in [0.1, 0.15) is 0 Å². The van der Waals surface area contributed by atoms with E-state index in [-0.39, 0.29) is 24.2 Å². The first kappa shape index (κ1) is 19.2. The molecular formula is C14H28ClN3O2. The van der Waals surface area contributed by atoms with Gasteiger partial charge in [-0.3, -0.25) is 9.59 Å². The molecule has 0 aromatic heterocycles. The highest BCUT2D eigenvalue weighted by Crippen LogP contribution is 2.23. The molecule has 0 radical (unpaired) electrons. The van der Waals surface area contributed by atoms with Crippen molar-refractivity contribution in [2.24, 2.45) is 17.4 Å². The highest BCUT2D eigenvalue weighted by molar-refractivity contribution is 5.86. The second-order valence-corrected chi connectivity index (χ2v) is 5.93. The van der Waals surface area contributed by atoms with Crippen LogP contribution < -0.4 is 11.5 Å². The zero-order valence-electron chi connectivity index (χ0n) is 12.6. The van der Waals surface area contributed by atoms with Gasteiger partial charge in [-0.15, -0.1) is 12.4 Å². The van der Waals surface area contributed by atoms with Crippen LogP contribution in [0.5, 0.6) is 0 Å². The molecule has 0 bridgehead atoms. The molecule has 1 saturated heterocycles. The highest BCUT2D eigenvalue weighted by Gasteiger charge is 2.34. The van der Waals surface area contributed by atoms with Crippen LogP contribution in [0.4, 0.5) is 0 Å². The van der Waals surface area contributed by atoms with Crippen LogP contribution in [0.3, 0.4) is 0 Å². The molecule has 2 unspecified atom stereocenters. The van der Waals surface area contributed by atoms with Gasteiger partial charge in [0, 0.05) is 19.5 Å². The number of amides is 2. The predicted molar refractivity (Wildman–Crippen MR) is 82.5 cm³/mol. The van der Waals surface area contributed by atoms with Crippen LogP contribution in [0, 0.1) is 5.92 Å². The van der Waals surface area contributed by atoms with Crippen molar-refractivity contribution < 1.29 is 9.59 Å². The summed E-state index contributed by atoms with van der Waals surface area (Å²) in [6, 6.07) is 0. The van der Waals surface area contributed by atoms with Gasteiger partial charge in [-0.2, -0.15) is 0 Å². The van der Waals surface area contributed by atoms with E-state index in [4.69, 9.17) is 11.5 Å². The molecule has 0 aromatic carbocycles. The van der Waals surface area contributed by atoms with Gasteiger partial charge < -0.3 is 16.4 Å². The van der Waals surface area contributed by atoms with Crippen molar-refractivity contribution in [3.63, 3.8) is 0 Å². The third-order valence-electron chi connectivity index (χ3n) is 3.86. The zero-order valence-corrected chi connectivity index (χ0v) is 13.4. The van der Waals surface area contributed by atoms with Crippen molar-refractivity contribution in [1.29, 1.82) is 0 Å². The topological polar surface area (TPSA) is 89.4 Å². The molecule has 20 heavy (non-hydrogen) atoms. The van der Waals surface area contributed by atoms with Crippen molar-refractivity contribution in [2.45, 2.75) is 57.9 Å². The molecule has 0 spiro atoms. The Bertz CT molecular complexity index is 334. The fourth-order valence-electron chi connectivity index (χ4n) is 2.82. The monoisotopic (exact) mass is 305 g/mol. The number of primary amides is 1. The molecule has 5 nitrogen and oxygen atoms in total. The molecule has 6 heteroatoms. The van der Waals surface area contributed by atoms with Crippen molar-refractivity contribution >= 4 is 24.2 Å². The number of carbonyl (C=O) groups is 2. The average Bonchev–Trinajstić information content (AvgIpc) is 2.35. The molecule has 2 atom stereocenters. The first-order valence-corrected chi connectivity index (χ1v) is 7.23. The molecule has 1 aliphatic rings. The summed E-state index contributed by atoms with van der Waals surface area (Å²) in [5.41, 5.74) is 10.5. The molecule has 1 fully saturated rings. The summed E-state index contributed by atoms with van der Waals surface area (Å²) in [5.74, 6) is 0.152. The summed E-state index contributed by atoms with van der Waals surface area (Å²) in [5, 5.41) is 0. The van der Waals surface area contributed by atoms with Crippen LogP contribution in [0.25, 0.3) is 0 Å². The van der Waals surface area contributed by atoms with Gasteiger partial charge in [0.05, 0.1) is 5.54 Å². The van der Waals surface area contributed by atoms with E-state index in [1.165, 1.54) is 0 Å². The SMILES string of the molecule is CCCC(C)(N)C(=O)N1CCCC(CCC(N)=O)C1.Cl. The first-order valence-electron chi connectivity index (χ1n) is 7.23. The number of carbonyl (C=O) groups excluding carboxylic acids is 2. The largest absolute Gasteiger partial charge is 0.370 e. The fraction of sp³-hybridized carbons (Fsp3) is 0.857. The summed E-state index contributed by atoms with van der Waals surface area (Å²) in [6.45, 7) is 5.33. The Morgan fingerprint density at radius 1 is 1.40 bits per heavy atom. The van der Waals surface area contributed by atoms with E-state index in [0.29, 0.717) is 25.3 Å². The minimum atomic E-state index is -0.764. The Kier molecular flexibility index (Phi) is 8.13. The van der Waals surface area contributed by atoms with Crippen LogP contribution in [-0.2, 0) is 9.59 Å². The van der Waals surface area contributed by atoms with E-state index < -0.39 is 5.54 Å². The maximum absolute atomic E-state index is 12.4. The van der Waals surface area contributed by atoms with Crippen LogP contribution in [-0.4, -0.2) is 35.3 Å². The van der Waals surface area contributed by atoms with Crippen molar-refractivity contribution in [3.05, 3.63) is 0 Å². The maximum Gasteiger partial charge on any atom is 0.242 e. The van der Waals surface area contributed by atoms with E-state index in [9.17, 15) is 9.59 Å². The second-order valence-electron chi connectivity index (χ2n) is 5.93. The van der Waals surface area contributed by atoms with E-state index in [2.05, 4.69) is 0 Å². The number of nitrogens with zero attached hydrogens (tertiary/aromatic N) is 1. The minimum Gasteiger partial charge on any atom is -0.370 e. The number of halogens is 1. The molecule has 1 aliphatic heterocycles. The number of nitrogens with two attached hydrogens (primary N) is 2. The van der Waals surface area contributed by atoms with Crippen molar-refractivity contribution in [3.8, 4) is 0 Å². The minimum absolute atomic E-state index is 0. The van der Waals surface area contributed by atoms with E-state index in [0.717, 1.165) is 32.2 Å². The number of rotatable bonds is 6. The van der Waals surface area contributed by atoms with Crippen molar-refractivity contribution in [1.82, 2.24) is 4.90 Å². The highest BCUT2D eigenvalue weighted by atomic mass is 35.5. The van der Waals surface area contributed by atoms with Gasteiger partial charge in [0.25, 0.3) is 0 Å². The quantitative estimate of drug-likeness (QED) is 0.778. The lowest BCUT2D eigenvalue weighted by Crippen LogP contribution is -2.55. The lowest BCUT2D eigenvalue weighted by atomic mass is 9.90. The lowest BCUT2D eigenvalue weighted by molar-refractivity contribution is -0.138. The summed E-state index contributed by atoms with van der Waals surface area (Å²) in [6.07, 6.45) is 4.82. The van der Waals surface area contributed by atoms with E-state index in [1.807, 2.05) is 18.7 Å².